The SMILES string of the molecule is CCOc1ccc(NC(=O)CC[C@@H](C(=O)O)C(C)C)cc1. The van der Waals surface area contributed by atoms with E-state index in [0.717, 1.165) is 5.75 Å². The first-order chi connectivity index (χ1) is 9.93. The molecule has 1 rings (SSSR count). The van der Waals surface area contributed by atoms with Gasteiger partial charge in [-0.2, -0.15) is 0 Å². The van der Waals surface area contributed by atoms with Gasteiger partial charge in [-0.25, -0.2) is 0 Å². The highest BCUT2D eigenvalue weighted by Gasteiger charge is 2.22. The summed E-state index contributed by atoms with van der Waals surface area (Å²) in [5.41, 5.74) is 0.680. The van der Waals surface area contributed by atoms with E-state index in [1.54, 1.807) is 24.3 Å². The molecule has 0 fully saturated rings. The first kappa shape index (κ1) is 17.0. The Balaban J connectivity index is 2.48. The molecular weight excluding hydrogens is 270 g/mol. The fraction of sp³-hybridized carbons (Fsp3) is 0.500. The number of anilines is 1. The minimum Gasteiger partial charge on any atom is -0.494 e. The molecule has 0 bridgehead atoms. The number of amides is 1. The predicted molar refractivity (Wildman–Crippen MR) is 81.4 cm³/mol. The van der Waals surface area contributed by atoms with Gasteiger partial charge in [-0.3, -0.25) is 9.59 Å². The molecule has 0 aliphatic heterocycles. The smallest absolute Gasteiger partial charge is 0.306 e. The maximum atomic E-state index is 11.8. The third-order valence-electron chi connectivity index (χ3n) is 3.25. The summed E-state index contributed by atoms with van der Waals surface area (Å²) >= 11 is 0. The van der Waals surface area contributed by atoms with Crippen LogP contribution in [-0.4, -0.2) is 23.6 Å². The molecule has 1 aromatic carbocycles. The van der Waals surface area contributed by atoms with Gasteiger partial charge in [0, 0.05) is 12.1 Å². The van der Waals surface area contributed by atoms with Crippen molar-refractivity contribution in [3.63, 3.8) is 0 Å². The lowest BCUT2D eigenvalue weighted by molar-refractivity contribution is -0.143. The normalized spacial score (nSPS) is 12.0. The van der Waals surface area contributed by atoms with Crippen molar-refractivity contribution in [1.29, 1.82) is 0 Å². The number of aliphatic carboxylic acids is 1. The van der Waals surface area contributed by atoms with Crippen LogP contribution in [0.4, 0.5) is 5.69 Å². The maximum absolute atomic E-state index is 11.8. The van der Waals surface area contributed by atoms with Crippen LogP contribution in [0.15, 0.2) is 24.3 Å². The summed E-state index contributed by atoms with van der Waals surface area (Å²) in [6, 6.07) is 7.10. The van der Waals surface area contributed by atoms with Gasteiger partial charge in [-0.1, -0.05) is 13.8 Å². The Morgan fingerprint density at radius 2 is 1.86 bits per heavy atom. The quantitative estimate of drug-likeness (QED) is 0.772. The zero-order chi connectivity index (χ0) is 15.8. The fourth-order valence-electron chi connectivity index (χ4n) is 2.05. The lowest BCUT2D eigenvalue weighted by Gasteiger charge is -2.15. The highest BCUT2D eigenvalue weighted by molar-refractivity contribution is 5.91. The Kier molecular flexibility index (Phi) is 6.72. The van der Waals surface area contributed by atoms with Gasteiger partial charge in [0.2, 0.25) is 5.91 Å². The number of hydrogen-bond donors (Lipinski definition) is 2. The molecule has 0 heterocycles. The van der Waals surface area contributed by atoms with Crippen LogP contribution in [0.2, 0.25) is 0 Å². The lowest BCUT2D eigenvalue weighted by atomic mass is 9.91. The van der Waals surface area contributed by atoms with E-state index in [-0.39, 0.29) is 18.2 Å². The van der Waals surface area contributed by atoms with Gasteiger partial charge in [-0.05, 0) is 43.5 Å². The molecule has 5 nitrogen and oxygen atoms in total. The van der Waals surface area contributed by atoms with Crippen LogP contribution in [0, 0.1) is 11.8 Å². The van der Waals surface area contributed by atoms with Crippen LogP contribution in [0.3, 0.4) is 0 Å². The second-order valence-electron chi connectivity index (χ2n) is 5.23. The van der Waals surface area contributed by atoms with Crippen LogP contribution >= 0.6 is 0 Å². The topological polar surface area (TPSA) is 75.6 Å². The molecule has 0 saturated carbocycles. The average Bonchev–Trinajstić information content (AvgIpc) is 2.40. The Morgan fingerprint density at radius 3 is 2.33 bits per heavy atom. The number of benzene rings is 1. The molecule has 2 N–H and O–H groups in total. The Hall–Kier alpha value is -2.04. The molecule has 0 aliphatic rings. The zero-order valence-corrected chi connectivity index (χ0v) is 12.8. The average molecular weight is 293 g/mol. The van der Waals surface area contributed by atoms with Gasteiger partial charge < -0.3 is 15.2 Å². The Labute approximate surface area is 125 Å². The highest BCUT2D eigenvalue weighted by atomic mass is 16.5. The molecule has 1 atom stereocenters. The molecule has 0 aromatic heterocycles. The van der Waals surface area contributed by atoms with E-state index >= 15 is 0 Å². The third kappa shape index (κ3) is 5.85. The highest BCUT2D eigenvalue weighted by Crippen LogP contribution is 2.19. The summed E-state index contributed by atoms with van der Waals surface area (Å²) in [5.74, 6) is -0.747. The Bertz CT molecular complexity index is 468. The van der Waals surface area contributed by atoms with Crippen LogP contribution in [0.1, 0.15) is 33.6 Å². The van der Waals surface area contributed by atoms with Crippen LogP contribution in [0.25, 0.3) is 0 Å². The van der Waals surface area contributed by atoms with Crippen molar-refractivity contribution in [2.45, 2.75) is 33.6 Å². The van der Waals surface area contributed by atoms with E-state index in [9.17, 15) is 9.59 Å². The van der Waals surface area contributed by atoms with Crippen LogP contribution in [-0.2, 0) is 9.59 Å². The van der Waals surface area contributed by atoms with Crippen LogP contribution < -0.4 is 10.1 Å². The second kappa shape index (κ2) is 8.29. The molecule has 1 amide bonds. The van der Waals surface area contributed by atoms with Crippen molar-refractivity contribution >= 4 is 17.6 Å². The summed E-state index contributed by atoms with van der Waals surface area (Å²) in [6.45, 7) is 6.20. The molecule has 116 valence electrons. The van der Waals surface area contributed by atoms with E-state index in [2.05, 4.69) is 5.32 Å². The van der Waals surface area contributed by atoms with Gasteiger partial charge in [0.1, 0.15) is 5.75 Å². The molecule has 0 aliphatic carbocycles. The number of carboxylic acids is 1. The van der Waals surface area contributed by atoms with E-state index in [0.29, 0.717) is 18.7 Å². The molecule has 0 radical (unpaired) electrons. The van der Waals surface area contributed by atoms with Gasteiger partial charge in [-0.15, -0.1) is 0 Å². The number of nitrogens with one attached hydrogen (secondary N) is 1. The van der Waals surface area contributed by atoms with Crippen molar-refractivity contribution in [3.8, 4) is 5.75 Å². The number of carbonyl (C=O) groups is 2. The van der Waals surface area contributed by atoms with Crippen molar-refractivity contribution in [3.05, 3.63) is 24.3 Å². The van der Waals surface area contributed by atoms with Crippen molar-refractivity contribution < 1.29 is 19.4 Å². The third-order valence-corrected chi connectivity index (χ3v) is 3.25. The van der Waals surface area contributed by atoms with Crippen molar-refractivity contribution in [1.82, 2.24) is 0 Å². The van der Waals surface area contributed by atoms with Gasteiger partial charge >= 0.3 is 5.97 Å². The minimum absolute atomic E-state index is 0.0146. The van der Waals surface area contributed by atoms with Gasteiger partial charge in [0.05, 0.1) is 12.5 Å². The standard InChI is InChI=1S/C16H23NO4/c1-4-21-13-7-5-12(6-8-13)17-15(18)10-9-14(11(2)3)16(19)20/h5-8,11,14H,4,9-10H2,1-3H3,(H,17,18)(H,19,20)/t14-/m1/s1. The molecule has 1 aromatic rings. The second-order valence-corrected chi connectivity index (χ2v) is 5.23. The van der Waals surface area contributed by atoms with E-state index in [1.807, 2.05) is 20.8 Å². The summed E-state index contributed by atoms with van der Waals surface area (Å²) < 4.78 is 5.32. The molecule has 0 spiro atoms. The maximum Gasteiger partial charge on any atom is 0.306 e. The van der Waals surface area contributed by atoms with Crippen molar-refractivity contribution in [2.75, 3.05) is 11.9 Å². The van der Waals surface area contributed by atoms with E-state index < -0.39 is 11.9 Å². The monoisotopic (exact) mass is 293 g/mol. The number of hydrogen-bond acceptors (Lipinski definition) is 3. The number of rotatable bonds is 8. The van der Waals surface area contributed by atoms with Gasteiger partial charge in [0.15, 0.2) is 0 Å². The summed E-state index contributed by atoms with van der Waals surface area (Å²) in [6.07, 6.45) is 0.540. The summed E-state index contributed by atoms with van der Waals surface area (Å²) in [7, 11) is 0. The minimum atomic E-state index is -0.848. The van der Waals surface area contributed by atoms with Gasteiger partial charge in [0.25, 0.3) is 0 Å². The first-order valence-electron chi connectivity index (χ1n) is 7.19. The molecule has 0 saturated heterocycles. The molecular formula is C16H23NO4. The summed E-state index contributed by atoms with van der Waals surface area (Å²) in [4.78, 5) is 22.9. The summed E-state index contributed by atoms with van der Waals surface area (Å²) in [5, 5.41) is 11.8. The zero-order valence-electron chi connectivity index (χ0n) is 12.8. The largest absolute Gasteiger partial charge is 0.494 e. The van der Waals surface area contributed by atoms with E-state index in [4.69, 9.17) is 9.84 Å². The Morgan fingerprint density at radius 1 is 1.24 bits per heavy atom. The number of carboxylic acid groups (broad SMARTS) is 1. The first-order valence-corrected chi connectivity index (χ1v) is 7.19. The van der Waals surface area contributed by atoms with Crippen molar-refractivity contribution in [2.24, 2.45) is 11.8 Å². The molecule has 21 heavy (non-hydrogen) atoms. The fourth-order valence-corrected chi connectivity index (χ4v) is 2.05. The lowest BCUT2D eigenvalue weighted by Crippen LogP contribution is -2.22. The molecule has 0 unspecified atom stereocenters. The molecule has 5 heteroatoms. The predicted octanol–water partition coefficient (Wildman–Crippen LogP) is 3.16. The van der Waals surface area contributed by atoms with E-state index in [1.165, 1.54) is 0 Å². The number of ether oxygens (including phenoxy) is 1. The van der Waals surface area contributed by atoms with Crippen LogP contribution in [0.5, 0.6) is 5.75 Å². The number of carbonyl (C=O) groups excluding carboxylic acids is 1.